The standard InChI is InChI=1S/C10H15NO3/c1-2-14-10(13)7-5-6-8(12)3-4-11-9(6)7/h6-7,9,11H,2-5H2,1H3. The molecule has 0 aromatic heterocycles. The van der Waals surface area contributed by atoms with Gasteiger partial charge in [0, 0.05) is 24.9 Å². The zero-order valence-corrected chi connectivity index (χ0v) is 8.29. The molecule has 0 radical (unpaired) electrons. The van der Waals surface area contributed by atoms with Gasteiger partial charge in [-0.2, -0.15) is 0 Å². The van der Waals surface area contributed by atoms with Crippen molar-refractivity contribution in [2.24, 2.45) is 11.8 Å². The fourth-order valence-electron chi connectivity index (χ4n) is 2.31. The number of Topliss-reactive ketones (excluding diaryl/α,β-unsaturated/α-hetero) is 1. The van der Waals surface area contributed by atoms with Crippen LogP contribution >= 0.6 is 0 Å². The first-order chi connectivity index (χ1) is 6.74. The Morgan fingerprint density at radius 2 is 2.43 bits per heavy atom. The maximum Gasteiger partial charge on any atom is 0.310 e. The van der Waals surface area contributed by atoms with Gasteiger partial charge in [-0.05, 0) is 13.3 Å². The monoisotopic (exact) mass is 197 g/mol. The Morgan fingerprint density at radius 3 is 3.14 bits per heavy atom. The van der Waals surface area contributed by atoms with Crippen molar-refractivity contribution in [2.75, 3.05) is 13.2 Å². The minimum absolute atomic E-state index is 0.0512. The van der Waals surface area contributed by atoms with Gasteiger partial charge in [-0.15, -0.1) is 0 Å². The Hall–Kier alpha value is -0.900. The zero-order valence-electron chi connectivity index (χ0n) is 8.29. The fraction of sp³-hybridized carbons (Fsp3) is 0.800. The van der Waals surface area contributed by atoms with Gasteiger partial charge < -0.3 is 10.1 Å². The highest BCUT2D eigenvalue weighted by Crippen LogP contribution is 2.38. The van der Waals surface area contributed by atoms with Gasteiger partial charge in [0.2, 0.25) is 0 Å². The molecule has 2 aliphatic rings. The fourth-order valence-corrected chi connectivity index (χ4v) is 2.31. The third-order valence-electron chi connectivity index (χ3n) is 3.13. The number of ketones is 1. The van der Waals surface area contributed by atoms with Gasteiger partial charge in [0.1, 0.15) is 5.78 Å². The van der Waals surface area contributed by atoms with Gasteiger partial charge >= 0.3 is 5.97 Å². The first-order valence-corrected chi connectivity index (χ1v) is 5.16. The highest BCUT2D eigenvalue weighted by Gasteiger charge is 2.50. The molecule has 1 saturated heterocycles. The predicted molar refractivity (Wildman–Crippen MR) is 49.6 cm³/mol. The molecule has 2 fully saturated rings. The van der Waals surface area contributed by atoms with Crippen LogP contribution < -0.4 is 5.32 Å². The highest BCUT2D eigenvalue weighted by molar-refractivity contribution is 5.87. The molecule has 1 N–H and O–H groups in total. The Kier molecular flexibility index (Phi) is 2.54. The lowest BCUT2D eigenvalue weighted by Gasteiger charge is -2.45. The lowest BCUT2D eigenvalue weighted by molar-refractivity contribution is -0.157. The van der Waals surface area contributed by atoms with Crippen molar-refractivity contribution in [3.8, 4) is 0 Å². The number of carbonyl (C=O) groups excluding carboxylic acids is 2. The largest absolute Gasteiger partial charge is 0.466 e. The third kappa shape index (κ3) is 1.43. The molecule has 14 heavy (non-hydrogen) atoms. The van der Waals surface area contributed by atoms with Crippen LogP contribution in [0.25, 0.3) is 0 Å². The Morgan fingerprint density at radius 1 is 1.64 bits per heavy atom. The van der Waals surface area contributed by atoms with E-state index in [9.17, 15) is 9.59 Å². The number of rotatable bonds is 2. The number of hydrogen-bond acceptors (Lipinski definition) is 4. The molecule has 4 heteroatoms. The van der Waals surface area contributed by atoms with Crippen LogP contribution in [0.3, 0.4) is 0 Å². The summed E-state index contributed by atoms with van der Waals surface area (Å²) in [5.74, 6) is 0.118. The summed E-state index contributed by atoms with van der Waals surface area (Å²) >= 11 is 0. The van der Waals surface area contributed by atoms with Crippen LogP contribution in [0.5, 0.6) is 0 Å². The molecule has 0 spiro atoms. The van der Waals surface area contributed by atoms with Crippen molar-refractivity contribution < 1.29 is 14.3 Å². The van der Waals surface area contributed by atoms with Crippen LogP contribution in [0, 0.1) is 11.8 Å². The van der Waals surface area contributed by atoms with Crippen LogP contribution in [0.15, 0.2) is 0 Å². The Bertz CT molecular complexity index is 264. The summed E-state index contributed by atoms with van der Waals surface area (Å²) in [6.45, 7) is 2.92. The molecule has 0 aromatic carbocycles. The van der Waals surface area contributed by atoms with Crippen molar-refractivity contribution in [1.82, 2.24) is 5.32 Å². The summed E-state index contributed by atoms with van der Waals surface area (Å²) in [5.41, 5.74) is 0. The molecule has 0 aromatic rings. The summed E-state index contributed by atoms with van der Waals surface area (Å²) in [6, 6.07) is 0.0512. The lowest BCUT2D eigenvalue weighted by atomic mass is 9.65. The minimum atomic E-state index is -0.157. The van der Waals surface area contributed by atoms with E-state index in [1.807, 2.05) is 0 Å². The van der Waals surface area contributed by atoms with E-state index in [1.165, 1.54) is 0 Å². The van der Waals surface area contributed by atoms with Gasteiger partial charge in [0.25, 0.3) is 0 Å². The zero-order chi connectivity index (χ0) is 10.1. The maximum absolute atomic E-state index is 11.4. The molecular weight excluding hydrogens is 182 g/mol. The number of ether oxygens (including phenoxy) is 1. The van der Waals surface area contributed by atoms with E-state index in [1.54, 1.807) is 6.92 Å². The van der Waals surface area contributed by atoms with Gasteiger partial charge in [0.15, 0.2) is 0 Å². The van der Waals surface area contributed by atoms with E-state index in [4.69, 9.17) is 4.74 Å². The number of hydrogen-bond donors (Lipinski definition) is 1. The summed E-state index contributed by atoms with van der Waals surface area (Å²) < 4.78 is 4.94. The minimum Gasteiger partial charge on any atom is -0.466 e. The molecule has 1 aliphatic heterocycles. The molecule has 0 bridgehead atoms. The Labute approximate surface area is 83.0 Å². The van der Waals surface area contributed by atoms with Crippen LogP contribution in [-0.4, -0.2) is 30.9 Å². The molecular formula is C10H15NO3. The molecule has 0 amide bonds. The summed E-state index contributed by atoms with van der Waals surface area (Å²) in [5, 5.41) is 3.22. The third-order valence-corrected chi connectivity index (χ3v) is 3.13. The molecule has 3 atom stereocenters. The van der Waals surface area contributed by atoms with Gasteiger partial charge in [0.05, 0.1) is 12.5 Å². The van der Waals surface area contributed by atoms with E-state index in [0.29, 0.717) is 31.8 Å². The van der Waals surface area contributed by atoms with Crippen molar-refractivity contribution >= 4 is 11.8 Å². The lowest BCUT2D eigenvalue weighted by Crippen LogP contribution is -2.61. The highest BCUT2D eigenvalue weighted by atomic mass is 16.5. The summed E-state index contributed by atoms with van der Waals surface area (Å²) in [7, 11) is 0. The average Bonchev–Trinajstić information content (AvgIpc) is 2.09. The Balaban J connectivity index is 1.94. The first kappa shape index (κ1) is 9.65. The smallest absolute Gasteiger partial charge is 0.310 e. The van der Waals surface area contributed by atoms with Gasteiger partial charge in [-0.3, -0.25) is 9.59 Å². The van der Waals surface area contributed by atoms with Crippen LogP contribution in [0.2, 0.25) is 0 Å². The van der Waals surface area contributed by atoms with Crippen molar-refractivity contribution in [1.29, 1.82) is 0 Å². The van der Waals surface area contributed by atoms with Crippen molar-refractivity contribution in [3.63, 3.8) is 0 Å². The van der Waals surface area contributed by atoms with Gasteiger partial charge in [-0.1, -0.05) is 0 Å². The maximum atomic E-state index is 11.4. The molecule has 1 saturated carbocycles. The van der Waals surface area contributed by atoms with Crippen molar-refractivity contribution in [3.05, 3.63) is 0 Å². The number of esters is 1. The van der Waals surface area contributed by atoms with E-state index < -0.39 is 0 Å². The van der Waals surface area contributed by atoms with Gasteiger partial charge in [-0.25, -0.2) is 0 Å². The second-order valence-electron chi connectivity index (χ2n) is 3.90. The molecule has 3 unspecified atom stereocenters. The number of nitrogens with one attached hydrogen (secondary N) is 1. The SMILES string of the molecule is CCOC(=O)C1CC2C(=O)CCNC21. The van der Waals surface area contributed by atoms with E-state index >= 15 is 0 Å². The molecule has 1 heterocycles. The van der Waals surface area contributed by atoms with E-state index in [0.717, 1.165) is 0 Å². The van der Waals surface area contributed by atoms with Crippen molar-refractivity contribution in [2.45, 2.75) is 25.8 Å². The second-order valence-corrected chi connectivity index (χ2v) is 3.90. The number of fused-ring (bicyclic) bond motifs is 1. The normalized spacial score (nSPS) is 35.8. The summed E-state index contributed by atoms with van der Waals surface area (Å²) in [6.07, 6.45) is 1.28. The van der Waals surface area contributed by atoms with Crippen LogP contribution in [0.4, 0.5) is 0 Å². The number of piperidine rings is 1. The molecule has 78 valence electrons. The van der Waals surface area contributed by atoms with E-state index in [2.05, 4.69) is 5.32 Å². The predicted octanol–water partition coefficient (Wildman–Crippen LogP) is 0.117. The quantitative estimate of drug-likeness (QED) is 0.639. The van der Waals surface area contributed by atoms with Crippen LogP contribution in [0.1, 0.15) is 19.8 Å². The molecule has 1 aliphatic carbocycles. The first-order valence-electron chi connectivity index (χ1n) is 5.16. The average molecular weight is 197 g/mol. The molecule has 4 nitrogen and oxygen atoms in total. The summed E-state index contributed by atoms with van der Waals surface area (Å²) in [4.78, 5) is 22.8. The second kappa shape index (κ2) is 3.69. The topological polar surface area (TPSA) is 55.4 Å². The van der Waals surface area contributed by atoms with Crippen LogP contribution in [-0.2, 0) is 14.3 Å². The molecule has 2 rings (SSSR count). The van der Waals surface area contributed by atoms with E-state index in [-0.39, 0.29) is 23.8 Å². The number of carbonyl (C=O) groups is 2.